The summed E-state index contributed by atoms with van der Waals surface area (Å²) >= 11 is 0. The molecule has 1 aliphatic heterocycles. The number of imidazole rings is 2. The van der Waals surface area contributed by atoms with Gasteiger partial charge in [0.1, 0.15) is 11.6 Å². The van der Waals surface area contributed by atoms with Gasteiger partial charge in [-0.15, -0.1) is 0 Å². The van der Waals surface area contributed by atoms with Crippen molar-refractivity contribution in [2.75, 3.05) is 20.3 Å². The van der Waals surface area contributed by atoms with Crippen molar-refractivity contribution in [2.24, 2.45) is 5.92 Å². The molecule has 2 amide bonds. The topological polar surface area (TPSA) is 107 Å². The second-order valence-corrected chi connectivity index (χ2v) is 13.0. The molecule has 250 valence electrons. The Labute approximate surface area is 279 Å². The predicted octanol–water partition coefficient (Wildman–Crippen LogP) is 7.96. The van der Waals surface area contributed by atoms with E-state index in [1.165, 1.54) is 0 Å². The van der Waals surface area contributed by atoms with Crippen molar-refractivity contribution in [3.63, 3.8) is 0 Å². The van der Waals surface area contributed by atoms with Crippen LogP contribution in [0.1, 0.15) is 96.9 Å². The first-order valence-electron chi connectivity index (χ1n) is 17.1. The van der Waals surface area contributed by atoms with Crippen LogP contribution in [-0.4, -0.2) is 67.9 Å². The van der Waals surface area contributed by atoms with Crippen LogP contribution in [-0.2, 0) is 14.3 Å². The molecule has 9 heteroatoms. The van der Waals surface area contributed by atoms with Crippen molar-refractivity contribution < 1.29 is 14.3 Å². The highest BCUT2D eigenvalue weighted by Gasteiger charge is 2.36. The number of ether oxygens (including phenoxy) is 1. The molecule has 3 heterocycles. The molecule has 2 aromatic carbocycles. The molecule has 2 N–H and O–H groups in total. The highest BCUT2D eigenvalue weighted by molar-refractivity contribution is 5.78. The molecule has 4 atom stereocenters. The van der Waals surface area contributed by atoms with E-state index in [0.29, 0.717) is 26.0 Å². The van der Waals surface area contributed by atoms with E-state index < -0.39 is 0 Å². The fourth-order valence-electron chi connectivity index (χ4n) is 6.70. The zero-order valence-electron chi connectivity index (χ0n) is 28.8. The van der Waals surface area contributed by atoms with Crippen LogP contribution in [0.3, 0.4) is 0 Å². The van der Waals surface area contributed by atoms with Crippen LogP contribution >= 0.6 is 0 Å². The Bertz CT molecular complexity index is 1610. The minimum atomic E-state index is -0.171. The third-order valence-electron chi connectivity index (χ3n) is 9.26. The third kappa shape index (κ3) is 7.84. The summed E-state index contributed by atoms with van der Waals surface area (Å²) in [5.74, 6) is 2.22. The maximum absolute atomic E-state index is 13.0. The van der Waals surface area contributed by atoms with Crippen molar-refractivity contribution in [2.45, 2.75) is 91.3 Å². The number of methoxy groups -OCH3 is 1. The van der Waals surface area contributed by atoms with Crippen molar-refractivity contribution in [3.05, 3.63) is 72.6 Å². The van der Waals surface area contributed by atoms with Crippen molar-refractivity contribution in [1.82, 2.24) is 29.7 Å². The molecule has 0 saturated carbocycles. The quantitative estimate of drug-likeness (QED) is 0.146. The Morgan fingerprint density at radius 3 is 2.04 bits per heavy atom. The van der Waals surface area contributed by atoms with Crippen LogP contribution in [0.2, 0.25) is 0 Å². The predicted molar refractivity (Wildman–Crippen MR) is 186 cm³/mol. The molecule has 0 bridgehead atoms. The van der Waals surface area contributed by atoms with Crippen LogP contribution in [0, 0.1) is 5.92 Å². The van der Waals surface area contributed by atoms with Crippen LogP contribution in [0.5, 0.6) is 0 Å². The summed E-state index contributed by atoms with van der Waals surface area (Å²) in [6.45, 7) is 11.6. The van der Waals surface area contributed by atoms with Gasteiger partial charge in [0.25, 0.3) is 0 Å². The van der Waals surface area contributed by atoms with Gasteiger partial charge in [0.15, 0.2) is 0 Å². The molecule has 47 heavy (non-hydrogen) atoms. The molecular formula is C38H50N6O3. The smallest absolute Gasteiger partial charge is 0.223 e. The lowest BCUT2D eigenvalue weighted by Gasteiger charge is -2.30. The molecule has 0 aliphatic carbocycles. The number of hydrogen-bond acceptors (Lipinski definition) is 5. The van der Waals surface area contributed by atoms with Gasteiger partial charge in [0.2, 0.25) is 11.8 Å². The van der Waals surface area contributed by atoms with E-state index in [9.17, 15) is 9.59 Å². The average molecular weight is 639 g/mol. The second kappa shape index (κ2) is 15.6. The monoisotopic (exact) mass is 638 g/mol. The number of aromatic amines is 2. The summed E-state index contributed by atoms with van der Waals surface area (Å²) in [7, 11) is 1.69. The molecule has 5 rings (SSSR count). The number of carbonyl (C=O) groups is 2. The number of amides is 2. The molecule has 9 nitrogen and oxygen atoms in total. The van der Waals surface area contributed by atoms with Crippen molar-refractivity contribution in [1.29, 1.82) is 0 Å². The lowest BCUT2D eigenvalue weighted by molar-refractivity contribution is -0.135. The minimum Gasteiger partial charge on any atom is -0.384 e. The number of benzene rings is 2. The summed E-state index contributed by atoms with van der Waals surface area (Å²) in [5, 5.41) is 0. The first-order chi connectivity index (χ1) is 22.7. The third-order valence-corrected chi connectivity index (χ3v) is 9.26. The Balaban J connectivity index is 1.26. The lowest BCUT2D eigenvalue weighted by atomic mass is 10.0. The van der Waals surface area contributed by atoms with Crippen LogP contribution in [0.15, 0.2) is 60.9 Å². The van der Waals surface area contributed by atoms with E-state index in [-0.39, 0.29) is 35.9 Å². The Hall–Kier alpha value is -4.24. The largest absolute Gasteiger partial charge is 0.384 e. The summed E-state index contributed by atoms with van der Waals surface area (Å²) in [6, 6.07) is 17.0. The van der Waals surface area contributed by atoms with E-state index in [4.69, 9.17) is 9.72 Å². The van der Waals surface area contributed by atoms with E-state index >= 15 is 0 Å². The van der Waals surface area contributed by atoms with E-state index in [2.05, 4.69) is 77.3 Å². The van der Waals surface area contributed by atoms with E-state index in [1.54, 1.807) is 7.11 Å². The van der Waals surface area contributed by atoms with Gasteiger partial charge in [-0.3, -0.25) is 9.59 Å². The first kappa shape index (κ1) is 34.1. The Morgan fingerprint density at radius 1 is 0.872 bits per heavy atom. The van der Waals surface area contributed by atoms with Gasteiger partial charge < -0.3 is 24.5 Å². The SMILES string of the molecule is CCCC(=O)N(C[C@H](C)COC)[C@@H](C)c1ncc(-c2ccc(-c3ccc(-c4cnc([C@@H]5CC[C@H](C)N5C(=O)CCC)[nH]4)cc3)cc2)[nH]1. The van der Waals surface area contributed by atoms with E-state index in [0.717, 1.165) is 71.0 Å². The van der Waals surface area contributed by atoms with E-state index in [1.807, 2.05) is 43.0 Å². The number of hydrogen-bond donors (Lipinski definition) is 2. The fraction of sp³-hybridized carbons (Fsp3) is 0.474. The molecule has 1 aliphatic rings. The summed E-state index contributed by atoms with van der Waals surface area (Å²) < 4.78 is 5.32. The highest BCUT2D eigenvalue weighted by atomic mass is 16.5. The zero-order chi connectivity index (χ0) is 33.5. The Kier molecular flexibility index (Phi) is 11.3. The molecule has 2 aromatic heterocycles. The van der Waals surface area contributed by atoms with Crippen molar-refractivity contribution >= 4 is 11.8 Å². The van der Waals surface area contributed by atoms with Crippen LogP contribution in [0.25, 0.3) is 33.6 Å². The maximum Gasteiger partial charge on any atom is 0.223 e. The lowest BCUT2D eigenvalue weighted by Crippen LogP contribution is -2.38. The molecule has 0 spiro atoms. The van der Waals surface area contributed by atoms with Crippen molar-refractivity contribution in [3.8, 4) is 33.6 Å². The minimum absolute atomic E-state index is 0.0110. The number of aromatic nitrogens is 4. The van der Waals surface area contributed by atoms with Gasteiger partial charge in [-0.25, -0.2) is 9.97 Å². The van der Waals surface area contributed by atoms with Gasteiger partial charge in [-0.2, -0.15) is 0 Å². The standard InChI is InChI=1S/C38H50N6O3/c1-7-9-35(45)43(23-25(3)24-47-6)27(5)37-39-21-32(41-37)30-16-12-28(13-17-30)29-14-18-31(19-15-29)33-22-40-38(42-33)34-20-11-26(4)44(34)36(46)10-8-2/h12-19,21-22,25-27,34H,7-11,20,23-24H2,1-6H3,(H,39,41)(H,40,42)/t25-,26-,27-,34-/m0/s1. The Morgan fingerprint density at radius 2 is 1.45 bits per heavy atom. The summed E-state index contributed by atoms with van der Waals surface area (Å²) in [4.78, 5) is 46.1. The van der Waals surface area contributed by atoms with Gasteiger partial charge in [-0.1, -0.05) is 69.3 Å². The summed E-state index contributed by atoms with van der Waals surface area (Å²) in [6.07, 6.45) is 8.42. The molecule has 1 saturated heterocycles. The number of nitrogens with zero attached hydrogens (tertiary/aromatic N) is 4. The van der Waals surface area contributed by atoms with Gasteiger partial charge in [-0.05, 0) is 67.7 Å². The van der Waals surface area contributed by atoms with Gasteiger partial charge >= 0.3 is 0 Å². The number of H-pyrrole nitrogens is 2. The normalized spacial score (nSPS) is 17.5. The molecule has 1 fully saturated rings. The molecule has 0 radical (unpaired) electrons. The number of likely N-dealkylation sites (tertiary alicyclic amines) is 1. The second-order valence-electron chi connectivity index (χ2n) is 13.0. The van der Waals surface area contributed by atoms with Gasteiger partial charge in [0, 0.05) is 32.5 Å². The van der Waals surface area contributed by atoms with Crippen LogP contribution < -0.4 is 0 Å². The molecule has 4 aromatic rings. The fourth-order valence-corrected chi connectivity index (χ4v) is 6.70. The number of nitrogens with one attached hydrogen (secondary N) is 2. The first-order valence-corrected chi connectivity index (χ1v) is 17.1. The summed E-state index contributed by atoms with van der Waals surface area (Å²) in [5.41, 5.74) is 6.21. The zero-order valence-corrected chi connectivity index (χ0v) is 28.8. The highest BCUT2D eigenvalue weighted by Crippen LogP contribution is 2.36. The number of carbonyl (C=O) groups excluding carboxylic acids is 2. The molecule has 0 unspecified atom stereocenters. The molecular weight excluding hydrogens is 588 g/mol. The number of rotatable bonds is 14. The van der Waals surface area contributed by atoms with Crippen LogP contribution in [0.4, 0.5) is 0 Å². The average Bonchev–Trinajstić information content (AvgIpc) is 3.84. The van der Waals surface area contributed by atoms with Gasteiger partial charge in [0.05, 0.1) is 42.5 Å². The maximum atomic E-state index is 13.0.